The van der Waals surface area contributed by atoms with E-state index in [1.165, 1.54) is 19.2 Å². The van der Waals surface area contributed by atoms with E-state index in [1.807, 2.05) is 6.92 Å². The fourth-order valence-electron chi connectivity index (χ4n) is 2.70. The lowest BCUT2D eigenvalue weighted by atomic mass is 10.1. The van der Waals surface area contributed by atoms with Gasteiger partial charge in [-0.3, -0.25) is 4.79 Å². The van der Waals surface area contributed by atoms with E-state index in [4.69, 9.17) is 9.47 Å². The van der Waals surface area contributed by atoms with Crippen LogP contribution < -0.4 is 10.0 Å². The van der Waals surface area contributed by atoms with Crippen LogP contribution in [0.4, 0.5) is 0 Å². The predicted molar refractivity (Wildman–Crippen MR) is 96.5 cm³/mol. The molecule has 1 aliphatic rings. The summed E-state index contributed by atoms with van der Waals surface area (Å²) in [6.07, 6.45) is -4.62. The number of rotatable bonds is 9. The number of aryl methyl sites for hydroxylation is 1. The molecule has 2 rings (SSSR count). The number of nitrogens with one attached hydrogen (secondary N) is 2. The zero-order valence-electron chi connectivity index (χ0n) is 15.3. The Labute approximate surface area is 158 Å². The predicted octanol–water partition coefficient (Wildman–Crippen LogP) is -1.08. The van der Waals surface area contributed by atoms with Gasteiger partial charge in [-0.25, -0.2) is 13.1 Å². The molecular formula is C17H26N2O7S. The molecule has 1 fully saturated rings. The second kappa shape index (κ2) is 9.58. The standard InChI is InChI=1S/C17H26N2O7S/c1-11-3-5-12(6-4-11)27(23,24)19-10-14-17(22)16(21)13(26-14)9-15(20)18-7-8-25-2/h3-6,13-14,16-17,19,21-22H,7-10H2,1-2H3,(H,18,20)/t13-,14+,16-,17+/m0/s1. The Kier molecular flexibility index (Phi) is 7.71. The first-order valence-corrected chi connectivity index (χ1v) is 10.1. The average molecular weight is 402 g/mol. The van der Waals surface area contributed by atoms with Gasteiger partial charge in [0.1, 0.15) is 18.3 Å². The summed E-state index contributed by atoms with van der Waals surface area (Å²) < 4.78 is 37.3. The first-order chi connectivity index (χ1) is 12.7. The second-order valence-electron chi connectivity index (χ2n) is 6.41. The number of sulfonamides is 1. The summed E-state index contributed by atoms with van der Waals surface area (Å²) in [4.78, 5) is 11.9. The van der Waals surface area contributed by atoms with Crippen molar-refractivity contribution in [3.05, 3.63) is 29.8 Å². The minimum atomic E-state index is -3.78. The van der Waals surface area contributed by atoms with E-state index >= 15 is 0 Å². The molecule has 1 saturated heterocycles. The molecule has 1 amide bonds. The summed E-state index contributed by atoms with van der Waals surface area (Å²) >= 11 is 0. The van der Waals surface area contributed by atoms with Crippen LogP contribution in [0.25, 0.3) is 0 Å². The molecule has 27 heavy (non-hydrogen) atoms. The molecule has 9 nitrogen and oxygen atoms in total. The lowest BCUT2D eigenvalue weighted by Crippen LogP contribution is -2.40. The van der Waals surface area contributed by atoms with Crippen LogP contribution in [0.15, 0.2) is 29.2 Å². The van der Waals surface area contributed by atoms with Crippen molar-refractivity contribution in [1.82, 2.24) is 10.0 Å². The van der Waals surface area contributed by atoms with Crippen LogP contribution in [-0.4, -0.2) is 75.8 Å². The van der Waals surface area contributed by atoms with Crippen molar-refractivity contribution in [3.63, 3.8) is 0 Å². The maximum atomic E-state index is 12.3. The minimum Gasteiger partial charge on any atom is -0.388 e. The molecule has 0 bridgehead atoms. The van der Waals surface area contributed by atoms with Crippen molar-refractivity contribution < 1.29 is 32.9 Å². The molecule has 152 valence electrons. The zero-order valence-corrected chi connectivity index (χ0v) is 16.1. The third-order valence-corrected chi connectivity index (χ3v) is 5.72. The molecule has 0 unspecified atom stereocenters. The van der Waals surface area contributed by atoms with Gasteiger partial charge in [0.2, 0.25) is 15.9 Å². The van der Waals surface area contributed by atoms with E-state index in [-0.39, 0.29) is 23.8 Å². The van der Waals surface area contributed by atoms with Crippen LogP contribution in [0.2, 0.25) is 0 Å². The quantitative estimate of drug-likeness (QED) is 0.386. The number of aliphatic hydroxyl groups is 2. The van der Waals surface area contributed by atoms with E-state index in [0.717, 1.165) is 5.56 Å². The third-order valence-electron chi connectivity index (χ3n) is 4.28. The molecule has 0 aromatic heterocycles. The normalized spacial score (nSPS) is 25.5. The van der Waals surface area contributed by atoms with Gasteiger partial charge in [0.25, 0.3) is 0 Å². The van der Waals surface area contributed by atoms with Crippen LogP contribution in [0.3, 0.4) is 0 Å². The number of hydrogen-bond acceptors (Lipinski definition) is 7. The number of benzene rings is 1. The van der Waals surface area contributed by atoms with Crippen molar-refractivity contribution in [2.75, 3.05) is 26.8 Å². The maximum Gasteiger partial charge on any atom is 0.240 e. The molecule has 4 N–H and O–H groups in total. The van der Waals surface area contributed by atoms with Gasteiger partial charge in [-0.1, -0.05) is 17.7 Å². The number of ether oxygens (including phenoxy) is 2. The molecule has 1 heterocycles. The second-order valence-corrected chi connectivity index (χ2v) is 8.17. The van der Waals surface area contributed by atoms with E-state index in [9.17, 15) is 23.4 Å². The van der Waals surface area contributed by atoms with Crippen molar-refractivity contribution in [2.24, 2.45) is 0 Å². The summed E-state index contributed by atoms with van der Waals surface area (Å²) in [5.74, 6) is -0.357. The maximum absolute atomic E-state index is 12.3. The number of carbonyl (C=O) groups excluding carboxylic acids is 1. The average Bonchev–Trinajstić information content (AvgIpc) is 2.88. The Balaban J connectivity index is 1.89. The van der Waals surface area contributed by atoms with Crippen LogP contribution in [-0.2, 0) is 24.3 Å². The molecular weight excluding hydrogens is 376 g/mol. The van der Waals surface area contributed by atoms with Gasteiger partial charge in [-0.15, -0.1) is 0 Å². The van der Waals surface area contributed by atoms with E-state index in [1.54, 1.807) is 12.1 Å². The number of amides is 1. The van der Waals surface area contributed by atoms with Crippen molar-refractivity contribution >= 4 is 15.9 Å². The monoisotopic (exact) mass is 402 g/mol. The largest absolute Gasteiger partial charge is 0.388 e. The summed E-state index contributed by atoms with van der Waals surface area (Å²) in [5, 5.41) is 22.8. The molecule has 1 aliphatic heterocycles. The van der Waals surface area contributed by atoms with Gasteiger partial charge in [-0.05, 0) is 19.1 Å². The van der Waals surface area contributed by atoms with Gasteiger partial charge in [0.15, 0.2) is 0 Å². The first kappa shape index (κ1) is 21.7. The fourth-order valence-corrected chi connectivity index (χ4v) is 3.75. The summed E-state index contributed by atoms with van der Waals surface area (Å²) in [6.45, 7) is 2.29. The Bertz CT molecular complexity index is 723. The molecule has 1 aromatic carbocycles. The highest BCUT2D eigenvalue weighted by atomic mass is 32.2. The number of methoxy groups -OCH3 is 1. The smallest absolute Gasteiger partial charge is 0.240 e. The van der Waals surface area contributed by atoms with Gasteiger partial charge < -0.3 is 25.0 Å². The van der Waals surface area contributed by atoms with Crippen LogP contribution in [0.5, 0.6) is 0 Å². The van der Waals surface area contributed by atoms with Crippen LogP contribution in [0, 0.1) is 6.92 Å². The fraction of sp³-hybridized carbons (Fsp3) is 0.588. The van der Waals surface area contributed by atoms with Crippen LogP contribution >= 0.6 is 0 Å². The number of hydrogen-bond donors (Lipinski definition) is 4. The molecule has 1 aromatic rings. The SMILES string of the molecule is COCCNC(=O)C[C@@H]1O[C@H](CNS(=O)(=O)c2ccc(C)cc2)[C@@H](O)[C@H]1O. The van der Waals surface area contributed by atoms with Gasteiger partial charge in [-0.2, -0.15) is 0 Å². The highest BCUT2D eigenvalue weighted by Crippen LogP contribution is 2.23. The summed E-state index contributed by atoms with van der Waals surface area (Å²) in [6, 6.07) is 6.31. The first-order valence-electron chi connectivity index (χ1n) is 8.58. The van der Waals surface area contributed by atoms with Gasteiger partial charge >= 0.3 is 0 Å². The Morgan fingerprint density at radius 2 is 1.81 bits per heavy atom. The van der Waals surface area contributed by atoms with Crippen molar-refractivity contribution in [2.45, 2.75) is 42.7 Å². The van der Waals surface area contributed by atoms with E-state index < -0.39 is 34.4 Å². The lowest BCUT2D eigenvalue weighted by Gasteiger charge is -2.15. The molecule has 10 heteroatoms. The molecule has 0 aliphatic carbocycles. The Morgan fingerprint density at radius 3 is 2.44 bits per heavy atom. The molecule has 0 spiro atoms. The topological polar surface area (TPSA) is 134 Å². The van der Waals surface area contributed by atoms with Crippen molar-refractivity contribution in [1.29, 1.82) is 0 Å². The highest BCUT2D eigenvalue weighted by molar-refractivity contribution is 7.89. The molecule has 0 saturated carbocycles. The van der Waals surface area contributed by atoms with E-state index in [2.05, 4.69) is 10.0 Å². The van der Waals surface area contributed by atoms with Gasteiger partial charge in [0, 0.05) is 20.2 Å². The lowest BCUT2D eigenvalue weighted by molar-refractivity contribution is -0.125. The van der Waals surface area contributed by atoms with Crippen LogP contribution in [0.1, 0.15) is 12.0 Å². The summed E-state index contributed by atoms with van der Waals surface area (Å²) in [5.41, 5.74) is 0.929. The number of aliphatic hydroxyl groups excluding tert-OH is 2. The minimum absolute atomic E-state index is 0.0928. The van der Waals surface area contributed by atoms with Crippen molar-refractivity contribution in [3.8, 4) is 0 Å². The zero-order chi connectivity index (χ0) is 20.0. The summed E-state index contributed by atoms with van der Waals surface area (Å²) in [7, 11) is -2.27. The third kappa shape index (κ3) is 5.96. The Morgan fingerprint density at radius 1 is 1.19 bits per heavy atom. The Hall–Kier alpha value is -1.56. The highest BCUT2D eigenvalue weighted by Gasteiger charge is 2.43. The number of carbonyl (C=O) groups is 1. The van der Waals surface area contributed by atoms with E-state index in [0.29, 0.717) is 13.2 Å². The molecule has 4 atom stereocenters. The molecule has 0 radical (unpaired) electrons. The van der Waals surface area contributed by atoms with Gasteiger partial charge in [0.05, 0.1) is 24.0 Å².